The van der Waals surface area contributed by atoms with E-state index in [2.05, 4.69) is 33.9 Å². The summed E-state index contributed by atoms with van der Waals surface area (Å²) in [6.45, 7) is 2.51. The maximum absolute atomic E-state index is 6.47. The molecule has 3 aliphatic rings. The molecule has 0 aromatic carbocycles. The van der Waals surface area contributed by atoms with E-state index in [1.807, 2.05) is 11.3 Å². The van der Waals surface area contributed by atoms with Crippen molar-refractivity contribution in [2.75, 3.05) is 27.2 Å². The zero-order chi connectivity index (χ0) is 19.1. The van der Waals surface area contributed by atoms with Crippen LogP contribution in [0.4, 0.5) is 0 Å². The van der Waals surface area contributed by atoms with Crippen LogP contribution in [0.5, 0.6) is 5.88 Å². The van der Waals surface area contributed by atoms with Gasteiger partial charge in [0.25, 0.3) is 0 Å². The van der Waals surface area contributed by atoms with E-state index in [9.17, 15) is 0 Å². The molecule has 6 heteroatoms. The van der Waals surface area contributed by atoms with Crippen molar-refractivity contribution in [1.82, 2.24) is 19.8 Å². The Bertz CT molecular complexity index is 819. The van der Waals surface area contributed by atoms with Gasteiger partial charge in [0.1, 0.15) is 17.3 Å². The number of ether oxygens (including phenoxy) is 1. The molecule has 0 atom stereocenters. The summed E-state index contributed by atoms with van der Waals surface area (Å²) >= 11 is 1.84. The van der Waals surface area contributed by atoms with E-state index >= 15 is 0 Å². The van der Waals surface area contributed by atoms with Crippen molar-refractivity contribution in [3.05, 3.63) is 16.8 Å². The average Bonchev–Trinajstić information content (AvgIpc) is 3.30. The second kappa shape index (κ2) is 7.88. The number of thiophene rings is 1. The molecule has 2 fully saturated rings. The number of hydrogen-bond donors (Lipinski definition) is 0. The molecule has 1 saturated heterocycles. The predicted octanol–water partition coefficient (Wildman–Crippen LogP) is 3.90. The lowest BCUT2D eigenvalue weighted by Crippen LogP contribution is -2.48. The number of likely N-dealkylation sites (tertiary alicyclic amines) is 1. The fourth-order valence-electron chi connectivity index (χ4n) is 5.44. The van der Waals surface area contributed by atoms with Crippen LogP contribution < -0.4 is 4.74 Å². The summed E-state index contributed by atoms with van der Waals surface area (Å²) in [6.07, 6.45) is 13.1. The molecule has 1 saturated carbocycles. The first-order chi connectivity index (χ1) is 13.7. The van der Waals surface area contributed by atoms with Crippen molar-refractivity contribution in [3.63, 3.8) is 0 Å². The fourth-order valence-corrected chi connectivity index (χ4v) is 6.66. The largest absolute Gasteiger partial charge is 0.474 e. The second-order valence-electron chi connectivity index (χ2n) is 9.00. The van der Waals surface area contributed by atoms with E-state index in [1.165, 1.54) is 67.4 Å². The van der Waals surface area contributed by atoms with Crippen LogP contribution in [0, 0.1) is 0 Å². The number of piperidine rings is 1. The van der Waals surface area contributed by atoms with Crippen LogP contribution in [-0.4, -0.2) is 65.1 Å². The summed E-state index contributed by atoms with van der Waals surface area (Å²) in [6, 6.07) is 1.52. The Morgan fingerprint density at radius 2 is 1.82 bits per heavy atom. The minimum absolute atomic E-state index is 0.311. The maximum Gasteiger partial charge on any atom is 0.225 e. The van der Waals surface area contributed by atoms with Gasteiger partial charge in [0, 0.05) is 17.0 Å². The molecule has 2 aromatic heterocycles. The highest BCUT2D eigenvalue weighted by molar-refractivity contribution is 7.18. The highest BCUT2D eigenvalue weighted by atomic mass is 32.1. The Morgan fingerprint density at radius 3 is 2.57 bits per heavy atom. The first-order valence-corrected chi connectivity index (χ1v) is 11.8. The minimum atomic E-state index is 0.311. The van der Waals surface area contributed by atoms with E-state index in [-0.39, 0.29) is 0 Å². The Kier molecular flexibility index (Phi) is 5.28. The normalized spacial score (nSPS) is 26.8. The van der Waals surface area contributed by atoms with Crippen molar-refractivity contribution in [1.29, 1.82) is 0 Å². The molecule has 5 nitrogen and oxygen atoms in total. The molecular formula is C22H32N4OS. The molecule has 0 unspecified atom stereocenters. The Hall–Kier alpha value is -1.24. The highest BCUT2D eigenvalue weighted by Crippen LogP contribution is 2.40. The molecule has 0 spiro atoms. The van der Waals surface area contributed by atoms with Crippen LogP contribution in [0.1, 0.15) is 55.4 Å². The maximum atomic E-state index is 6.47. The number of hydrogen-bond acceptors (Lipinski definition) is 6. The van der Waals surface area contributed by atoms with Gasteiger partial charge in [0.15, 0.2) is 0 Å². The molecule has 0 bridgehead atoms. The molecule has 1 aliphatic heterocycles. The van der Waals surface area contributed by atoms with Crippen LogP contribution in [-0.2, 0) is 12.8 Å². The van der Waals surface area contributed by atoms with E-state index < -0.39 is 0 Å². The van der Waals surface area contributed by atoms with Crippen LogP contribution in [0.25, 0.3) is 10.2 Å². The molecular weight excluding hydrogens is 368 g/mol. The lowest BCUT2D eigenvalue weighted by Gasteiger charge is -2.42. The van der Waals surface area contributed by atoms with E-state index in [4.69, 9.17) is 4.74 Å². The number of aromatic nitrogens is 2. The summed E-state index contributed by atoms with van der Waals surface area (Å²) in [7, 11) is 4.44. The molecule has 152 valence electrons. The van der Waals surface area contributed by atoms with Gasteiger partial charge in [-0.15, -0.1) is 11.3 Å². The molecule has 0 radical (unpaired) electrons. The third kappa shape index (κ3) is 3.55. The van der Waals surface area contributed by atoms with E-state index in [0.29, 0.717) is 6.10 Å². The predicted molar refractivity (Wildman–Crippen MR) is 114 cm³/mol. The molecule has 2 aliphatic carbocycles. The van der Waals surface area contributed by atoms with Crippen molar-refractivity contribution in [3.8, 4) is 5.88 Å². The summed E-state index contributed by atoms with van der Waals surface area (Å²) in [5.74, 6) is 0.847. The van der Waals surface area contributed by atoms with Gasteiger partial charge in [-0.05, 0) is 90.5 Å². The van der Waals surface area contributed by atoms with Crippen molar-refractivity contribution >= 4 is 21.6 Å². The summed E-state index contributed by atoms with van der Waals surface area (Å²) in [5.41, 5.74) is 1.47. The number of aryl methyl sites for hydroxylation is 2. The van der Waals surface area contributed by atoms with Gasteiger partial charge in [0.2, 0.25) is 5.88 Å². The van der Waals surface area contributed by atoms with Gasteiger partial charge in [-0.2, -0.15) is 0 Å². The van der Waals surface area contributed by atoms with Crippen molar-refractivity contribution in [2.24, 2.45) is 0 Å². The minimum Gasteiger partial charge on any atom is -0.474 e. The lowest BCUT2D eigenvalue weighted by molar-refractivity contribution is 0.0576. The number of rotatable bonds is 4. The second-order valence-corrected chi connectivity index (χ2v) is 10.1. The standard InChI is InChI=1S/C22H32N4OS/c1-25(2)15-10-12-26(13-11-15)16-6-8-17(9-7-16)27-21-20-18-4-3-5-19(18)28-22(20)24-14-23-21/h14-17H,3-13H2,1-2H3. The van der Waals surface area contributed by atoms with Gasteiger partial charge in [-0.1, -0.05) is 0 Å². The van der Waals surface area contributed by atoms with Gasteiger partial charge < -0.3 is 14.5 Å². The fraction of sp³-hybridized carbons (Fsp3) is 0.727. The third-order valence-electron chi connectivity index (χ3n) is 7.13. The quantitative estimate of drug-likeness (QED) is 0.779. The third-order valence-corrected chi connectivity index (χ3v) is 8.33. The SMILES string of the molecule is CN(C)C1CCN(C2CCC(Oc3ncnc4sc5c(c34)CCC5)CC2)CC1. The van der Waals surface area contributed by atoms with Gasteiger partial charge in [-0.3, -0.25) is 0 Å². The molecule has 28 heavy (non-hydrogen) atoms. The Labute approximate surface area is 172 Å². The molecule has 0 N–H and O–H groups in total. The van der Waals surface area contributed by atoms with Gasteiger partial charge in [0.05, 0.1) is 5.39 Å². The zero-order valence-electron chi connectivity index (χ0n) is 17.2. The summed E-state index contributed by atoms with van der Waals surface area (Å²) in [5, 5.41) is 1.22. The molecule has 2 aromatic rings. The van der Waals surface area contributed by atoms with Crippen molar-refractivity contribution in [2.45, 2.75) is 76.0 Å². The zero-order valence-corrected chi connectivity index (χ0v) is 18.0. The van der Waals surface area contributed by atoms with Crippen LogP contribution >= 0.6 is 11.3 Å². The number of fused-ring (bicyclic) bond motifs is 3. The monoisotopic (exact) mass is 400 g/mol. The van der Waals surface area contributed by atoms with E-state index in [1.54, 1.807) is 6.33 Å². The van der Waals surface area contributed by atoms with Gasteiger partial charge in [-0.25, -0.2) is 9.97 Å². The molecule has 3 heterocycles. The highest BCUT2D eigenvalue weighted by Gasteiger charge is 2.31. The van der Waals surface area contributed by atoms with Gasteiger partial charge >= 0.3 is 0 Å². The molecule has 0 amide bonds. The topological polar surface area (TPSA) is 41.5 Å². The Morgan fingerprint density at radius 1 is 1.04 bits per heavy atom. The van der Waals surface area contributed by atoms with Crippen LogP contribution in [0.2, 0.25) is 0 Å². The average molecular weight is 401 g/mol. The first-order valence-electron chi connectivity index (χ1n) is 11.0. The van der Waals surface area contributed by atoms with E-state index in [0.717, 1.165) is 42.1 Å². The first kappa shape index (κ1) is 18.8. The van der Waals surface area contributed by atoms with Crippen LogP contribution in [0.15, 0.2) is 6.33 Å². The smallest absolute Gasteiger partial charge is 0.225 e. The Balaban J connectivity index is 1.20. The van der Waals surface area contributed by atoms with Crippen molar-refractivity contribution < 1.29 is 4.74 Å². The lowest BCUT2D eigenvalue weighted by atomic mass is 9.90. The van der Waals surface area contributed by atoms with Crippen LogP contribution in [0.3, 0.4) is 0 Å². The number of nitrogens with zero attached hydrogens (tertiary/aromatic N) is 4. The summed E-state index contributed by atoms with van der Waals surface area (Å²) in [4.78, 5) is 16.8. The molecule has 5 rings (SSSR count). The summed E-state index contributed by atoms with van der Waals surface area (Å²) < 4.78 is 6.47.